The topological polar surface area (TPSA) is 75.7 Å². The molecule has 1 atom stereocenters. The molecule has 0 saturated carbocycles. The minimum absolute atomic E-state index is 0.108. The number of hydrogen-bond acceptors (Lipinski definition) is 4. The Balaban J connectivity index is 1.45. The highest BCUT2D eigenvalue weighted by Gasteiger charge is 2.33. The lowest BCUT2D eigenvalue weighted by Crippen LogP contribution is -2.45. The summed E-state index contributed by atoms with van der Waals surface area (Å²) in [5.41, 5.74) is 1.81. The fourth-order valence-electron chi connectivity index (χ4n) is 4.31. The second-order valence-corrected chi connectivity index (χ2v) is 10.1. The van der Waals surface area contributed by atoms with Gasteiger partial charge in [-0.3, -0.25) is 4.79 Å². The van der Waals surface area contributed by atoms with Gasteiger partial charge < -0.3 is 10.1 Å². The second kappa shape index (κ2) is 9.30. The molecule has 0 radical (unpaired) electrons. The molecule has 4 rings (SSSR count). The molecule has 1 saturated heterocycles. The van der Waals surface area contributed by atoms with E-state index in [1.807, 2.05) is 49.4 Å². The predicted octanol–water partition coefficient (Wildman–Crippen LogP) is 3.87. The van der Waals surface area contributed by atoms with Gasteiger partial charge in [0.1, 0.15) is 5.75 Å². The summed E-state index contributed by atoms with van der Waals surface area (Å²) >= 11 is 0. The van der Waals surface area contributed by atoms with Crippen LogP contribution in [0.15, 0.2) is 65.6 Å². The molecule has 1 aliphatic heterocycles. The van der Waals surface area contributed by atoms with Gasteiger partial charge in [0.2, 0.25) is 15.9 Å². The monoisotopic (exact) mass is 452 g/mol. The van der Waals surface area contributed by atoms with Crippen LogP contribution >= 0.6 is 0 Å². The maximum Gasteiger partial charge on any atom is 0.243 e. The van der Waals surface area contributed by atoms with Crippen molar-refractivity contribution in [2.45, 2.75) is 31.2 Å². The van der Waals surface area contributed by atoms with Gasteiger partial charge in [-0.1, -0.05) is 42.5 Å². The van der Waals surface area contributed by atoms with Crippen molar-refractivity contribution >= 4 is 26.7 Å². The molecule has 168 valence electrons. The first kappa shape index (κ1) is 22.3. The van der Waals surface area contributed by atoms with Crippen molar-refractivity contribution in [3.63, 3.8) is 0 Å². The molecular formula is C25H28N2O4S. The predicted molar refractivity (Wildman–Crippen MR) is 125 cm³/mol. The van der Waals surface area contributed by atoms with Crippen molar-refractivity contribution in [1.29, 1.82) is 0 Å². The average Bonchev–Trinajstić information content (AvgIpc) is 2.82. The number of piperidine rings is 1. The molecule has 0 spiro atoms. The lowest BCUT2D eigenvalue weighted by Gasteiger charge is -2.31. The highest BCUT2D eigenvalue weighted by molar-refractivity contribution is 7.89. The van der Waals surface area contributed by atoms with Gasteiger partial charge in [-0.05, 0) is 59.9 Å². The normalized spacial score (nSPS) is 17.2. The van der Waals surface area contributed by atoms with E-state index >= 15 is 0 Å². The van der Waals surface area contributed by atoms with Crippen LogP contribution < -0.4 is 10.1 Å². The molecule has 0 aromatic heterocycles. The summed E-state index contributed by atoms with van der Waals surface area (Å²) in [6.45, 7) is 2.84. The molecule has 0 bridgehead atoms. The summed E-state index contributed by atoms with van der Waals surface area (Å²) < 4.78 is 33.0. The number of rotatable bonds is 6. The van der Waals surface area contributed by atoms with Crippen LogP contribution in [-0.2, 0) is 21.4 Å². The number of fused-ring (bicyclic) bond motifs is 1. The Labute approximate surface area is 189 Å². The molecular weight excluding hydrogens is 424 g/mol. The van der Waals surface area contributed by atoms with E-state index in [2.05, 4.69) is 5.32 Å². The van der Waals surface area contributed by atoms with Crippen molar-refractivity contribution in [1.82, 2.24) is 9.62 Å². The molecule has 3 aromatic rings. The number of hydrogen-bond donors (Lipinski definition) is 1. The largest absolute Gasteiger partial charge is 0.496 e. The average molecular weight is 453 g/mol. The van der Waals surface area contributed by atoms with Crippen molar-refractivity contribution in [2.24, 2.45) is 5.92 Å². The molecule has 1 aliphatic rings. The van der Waals surface area contributed by atoms with Crippen LogP contribution in [0.5, 0.6) is 5.75 Å². The summed E-state index contributed by atoms with van der Waals surface area (Å²) in [6, 6.07) is 19.0. The van der Waals surface area contributed by atoms with Gasteiger partial charge in [0.05, 0.1) is 17.9 Å². The van der Waals surface area contributed by atoms with Gasteiger partial charge in [0.25, 0.3) is 0 Å². The number of nitrogens with one attached hydrogen (secondary N) is 1. The highest BCUT2D eigenvalue weighted by Crippen LogP contribution is 2.27. The molecule has 1 amide bonds. The quantitative estimate of drug-likeness (QED) is 0.616. The Morgan fingerprint density at radius 1 is 1.12 bits per heavy atom. The van der Waals surface area contributed by atoms with Crippen LogP contribution in [0.2, 0.25) is 0 Å². The Morgan fingerprint density at radius 3 is 2.69 bits per heavy atom. The van der Waals surface area contributed by atoms with E-state index < -0.39 is 10.0 Å². The van der Waals surface area contributed by atoms with Gasteiger partial charge in [-0.25, -0.2) is 8.42 Å². The molecule has 1 N–H and O–H groups in total. The van der Waals surface area contributed by atoms with Crippen LogP contribution in [0.4, 0.5) is 0 Å². The van der Waals surface area contributed by atoms with E-state index in [-0.39, 0.29) is 23.3 Å². The molecule has 32 heavy (non-hydrogen) atoms. The van der Waals surface area contributed by atoms with Gasteiger partial charge in [-0.2, -0.15) is 4.31 Å². The fraction of sp³-hybridized carbons (Fsp3) is 0.320. The number of nitrogens with zero attached hydrogens (tertiary/aromatic N) is 1. The number of carbonyl (C=O) groups is 1. The number of carbonyl (C=O) groups excluding carboxylic acids is 1. The summed E-state index contributed by atoms with van der Waals surface area (Å²) in [6.07, 6.45) is 1.33. The van der Waals surface area contributed by atoms with Crippen LogP contribution in [-0.4, -0.2) is 38.8 Å². The van der Waals surface area contributed by atoms with E-state index in [0.29, 0.717) is 31.7 Å². The maximum atomic E-state index is 13.2. The van der Waals surface area contributed by atoms with Gasteiger partial charge in [-0.15, -0.1) is 0 Å². The highest BCUT2D eigenvalue weighted by atomic mass is 32.2. The first-order valence-electron chi connectivity index (χ1n) is 10.8. The lowest BCUT2D eigenvalue weighted by atomic mass is 9.98. The number of aryl methyl sites for hydroxylation is 1. The van der Waals surface area contributed by atoms with Crippen LogP contribution in [0.25, 0.3) is 10.8 Å². The number of ether oxygens (including phenoxy) is 1. The third-order valence-corrected chi connectivity index (χ3v) is 7.95. The van der Waals surface area contributed by atoms with Crippen LogP contribution in [0.3, 0.4) is 0 Å². The summed E-state index contributed by atoms with van der Waals surface area (Å²) in [5, 5.41) is 5.26. The zero-order valence-corrected chi connectivity index (χ0v) is 19.2. The number of methoxy groups -OCH3 is 1. The number of amides is 1. The molecule has 3 aromatic carbocycles. The van der Waals surface area contributed by atoms with Crippen molar-refractivity contribution in [2.75, 3.05) is 20.2 Å². The van der Waals surface area contributed by atoms with E-state index in [9.17, 15) is 13.2 Å². The minimum Gasteiger partial charge on any atom is -0.496 e. The minimum atomic E-state index is -3.67. The summed E-state index contributed by atoms with van der Waals surface area (Å²) in [4.78, 5) is 13.1. The molecule has 7 heteroatoms. The smallest absolute Gasteiger partial charge is 0.243 e. The first-order valence-corrected chi connectivity index (χ1v) is 12.2. The van der Waals surface area contributed by atoms with Crippen molar-refractivity contribution < 1.29 is 17.9 Å². The van der Waals surface area contributed by atoms with Gasteiger partial charge >= 0.3 is 0 Å². The number of sulfonamides is 1. The zero-order valence-electron chi connectivity index (χ0n) is 18.4. The zero-order chi connectivity index (χ0) is 22.7. The number of benzene rings is 3. The maximum absolute atomic E-state index is 13.2. The molecule has 0 unspecified atom stereocenters. The van der Waals surface area contributed by atoms with Crippen LogP contribution in [0, 0.1) is 12.8 Å². The van der Waals surface area contributed by atoms with E-state index in [4.69, 9.17) is 4.74 Å². The molecule has 6 nitrogen and oxygen atoms in total. The van der Waals surface area contributed by atoms with Gasteiger partial charge in [0, 0.05) is 19.6 Å². The Hall–Kier alpha value is -2.90. The third-order valence-electron chi connectivity index (χ3n) is 6.09. The molecule has 0 aliphatic carbocycles. The second-order valence-electron chi connectivity index (χ2n) is 8.19. The standard InChI is InChI=1S/C25H28N2O4S/c1-18-15-22(12-13-24(18)31-2)32(29,30)27-14-6-10-21(17-27)25(28)26-16-20-9-5-8-19-7-3-4-11-23(19)20/h3-5,7-9,11-13,15,21H,6,10,14,16-17H2,1-2H3,(H,26,28)/t21-/m1/s1. The molecule has 1 heterocycles. The van der Waals surface area contributed by atoms with Crippen molar-refractivity contribution in [3.8, 4) is 5.75 Å². The molecule has 1 fully saturated rings. The fourth-order valence-corrected chi connectivity index (χ4v) is 5.92. The van der Waals surface area contributed by atoms with Crippen molar-refractivity contribution in [3.05, 3.63) is 71.8 Å². The van der Waals surface area contributed by atoms with Crippen LogP contribution in [0.1, 0.15) is 24.0 Å². The van der Waals surface area contributed by atoms with E-state index in [0.717, 1.165) is 21.9 Å². The SMILES string of the molecule is COc1ccc(S(=O)(=O)N2CCC[C@@H](C(=O)NCc3cccc4ccccc34)C2)cc1C. The summed E-state index contributed by atoms with van der Waals surface area (Å²) in [7, 11) is -2.12. The first-order chi connectivity index (χ1) is 15.4. The summed E-state index contributed by atoms with van der Waals surface area (Å²) in [5.74, 6) is 0.171. The third kappa shape index (κ3) is 4.49. The Morgan fingerprint density at radius 2 is 1.91 bits per heavy atom. The Kier molecular flexibility index (Phi) is 6.48. The van der Waals surface area contributed by atoms with Gasteiger partial charge in [0.15, 0.2) is 0 Å². The van der Waals surface area contributed by atoms with E-state index in [1.165, 1.54) is 4.31 Å². The Bertz CT molecular complexity index is 1230. The van der Waals surface area contributed by atoms with E-state index in [1.54, 1.807) is 25.3 Å². The lowest BCUT2D eigenvalue weighted by molar-refractivity contribution is -0.126.